The lowest BCUT2D eigenvalue weighted by atomic mass is 9.99. The zero-order valence-electron chi connectivity index (χ0n) is 13.0. The van der Waals surface area contributed by atoms with E-state index in [2.05, 4.69) is 4.99 Å². The smallest absolute Gasteiger partial charge is 0.344 e. The molecule has 0 aromatic heterocycles. The highest BCUT2D eigenvalue weighted by molar-refractivity contribution is 6.59. The lowest BCUT2D eigenvalue weighted by Crippen LogP contribution is -2.22. The van der Waals surface area contributed by atoms with Crippen LogP contribution in [0.4, 0.5) is 5.69 Å². The van der Waals surface area contributed by atoms with Crippen molar-refractivity contribution in [1.29, 1.82) is 0 Å². The minimum atomic E-state index is -0.779. The number of Topliss-reactive ketones (excluding diaryl/α,β-unsaturated/α-hetero) is 1. The van der Waals surface area contributed by atoms with Crippen LogP contribution in [0.3, 0.4) is 0 Å². The van der Waals surface area contributed by atoms with E-state index in [4.69, 9.17) is 4.74 Å². The molecule has 0 spiro atoms. The first-order chi connectivity index (χ1) is 11.6. The van der Waals surface area contributed by atoms with Gasteiger partial charge in [0.1, 0.15) is 17.0 Å². The fourth-order valence-electron chi connectivity index (χ4n) is 2.48. The molecule has 1 aliphatic rings. The lowest BCUT2D eigenvalue weighted by Gasteiger charge is -2.09. The molecule has 0 unspecified atom stereocenters. The average Bonchev–Trinajstić information content (AvgIpc) is 2.93. The fourth-order valence-corrected chi connectivity index (χ4v) is 2.48. The molecule has 2 aromatic carbocycles. The van der Waals surface area contributed by atoms with E-state index < -0.39 is 11.8 Å². The number of aliphatic imine (C=N–C) groups is 1. The van der Waals surface area contributed by atoms with Crippen molar-refractivity contribution < 1.29 is 19.4 Å². The average molecular weight is 321 g/mol. The second kappa shape index (κ2) is 6.50. The van der Waals surface area contributed by atoms with Crippen LogP contribution in [0.5, 0.6) is 0 Å². The summed E-state index contributed by atoms with van der Waals surface area (Å²) in [5, 5.41) is 10.6. The molecule has 1 heterocycles. The minimum absolute atomic E-state index is 0.101. The number of aliphatic hydroxyl groups excluding tert-OH is 1. The number of esters is 1. The first-order valence-electron chi connectivity index (χ1n) is 7.52. The number of fused-ring (bicyclic) bond motifs is 1. The van der Waals surface area contributed by atoms with Crippen LogP contribution in [0.15, 0.2) is 65.2 Å². The van der Waals surface area contributed by atoms with Crippen molar-refractivity contribution in [3.05, 3.63) is 71.3 Å². The number of carbonyl (C=O) groups excluding carboxylic acids is 2. The fraction of sp³-hybridized carbons (Fsp3) is 0.105. The van der Waals surface area contributed by atoms with Gasteiger partial charge in [0.2, 0.25) is 5.78 Å². The van der Waals surface area contributed by atoms with Gasteiger partial charge in [-0.2, -0.15) is 0 Å². The van der Waals surface area contributed by atoms with E-state index in [0.717, 1.165) is 0 Å². The van der Waals surface area contributed by atoms with Crippen LogP contribution < -0.4 is 0 Å². The van der Waals surface area contributed by atoms with Crippen LogP contribution in [0.25, 0.3) is 5.76 Å². The molecule has 120 valence electrons. The van der Waals surface area contributed by atoms with Crippen molar-refractivity contribution >= 4 is 28.9 Å². The first kappa shape index (κ1) is 15.7. The van der Waals surface area contributed by atoms with Crippen molar-refractivity contribution in [2.45, 2.75) is 6.92 Å². The zero-order chi connectivity index (χ0) is 17.1. The number of ketones is 1. The topological polar surface area (TPSA) is 76.0 Å². The number of aliphatic hydroxyl groups is 1. The second-order valence-corrected chi connectivity index (χ2v) is 5.12. The van der Waals surface area contributed by atoms with Gasteiger partial charge in [0.15, 0.2) is 0 Å². The van der Waals surface area contributed by atoms with Gasteiger partial charge in [-0.15, -0.1) is 0 Å². The Balaban J connectivity index is 2.15. The van der Waals surface area contributed by atoms with Gasteiger partial charge in [0, 0.05) is 11.1 Å². The molecule has 0 amide bonds. The van der Waals surface area contributed by atoms with E-state index in [1.807, 2.05) is 0 Å². The van der Waals surface area contributed by atoms with Crippen LogP contribution in [-0.4, -0.2) is 29.2 Å². The van der Waals surface area contributed by atoms with E-state index in [-0.39, 0.29) is 23.7 Å². The van der Waals surface area contributed by atoms with Crippen LogP contribution in [0, 0.1) is 0 Å². The maximum absolute atomic E-state index is 12.6. The highest BCUT2D eigenvalue weighted by Crippen LogP contribution is 2.31. The second-order valence-electron chi connectivity index (χ2n) is 5.12. The number of hydrogen-bond acceptors (Lipinski definition) is 5. The van der Waals surface area contributed by atoms with E-state index in [0.29, 0.717) is 16.8 Å². The molecule has 24 heavy (non-hydrogen) atoms. The lowest BCUT2D eigenvalue weighted by molar-refractivity contribution is -0.137. The number of nitrogens with zero attached hydrogens (tertiary/aromatic N) is 1. The highest BCUT2D eigenvalue weighted by atomic mass is 16.5. The number of para-hydroxylation sites is 1. The van der Waals surface area contributed by atoms with Gasteiger partial charge in [-0.1, -0.05) is 42.5 Å². The van der Waals surface area contributed by atoms with Crippen molar-refractivity contribution in [2.75, 3.05) is 6.61 Å². The predicted octanol–water partition coefficient (Wildman–Crippen LogP) is 3.49. The standard InChI is InChI=1S/C19H15NO4/c1-2-24-19(23)15(17(21)12-8-4-3-5-9-12)16-18(22)13-10-6-7-11-14(13)20-16/h3-11,21H,2H2,1H3/b17-15+. The summed E-state index contributed by atoms with van der Waals surface area (Å²) in [6.45, 7) is 1.78. The molecule has 1 N–H and O–H groups in total. The van der Waals surface area contributed by atoms with Crippen LogP contribution in [-0.2, 0) is 9.53 Å². The maximum atomic E-state index is 12.6. The zero-order valence-corrected chi connectivity index (χ0v) is 13.0. The number of hydrogen-bond donors (Lipinski definition) is 1. The largest absolute Gasteiger partial charge is 0.506 e. The normalized spacial score (nSPS) is 13.9. The number of rotatable bonds is 4. The molecular weight excluding hydrogens is 306 g/mol. The SMILES string of the molecule is CCOC(=O)/C(C1=Nc2ccccc2C1=O)=C(/O)c1ccccc1. The quantitative estimate of drug-likeness (QED) is 0.531. The molecular formula is C19H15NO4. The predicted molar refractivity (Wildman–Crippen MR) is 90.5 cm³/mol. The molecule has 0 atom stereocenters. The minimum Gasteiger partial charge on any atom is -0.506 e. The Morgan fingerprint density at radius 3 is 2.42 bits per heavy atom. The summed E-state index contributed by atoms with van der Waals surface area (Å²) in [5.74, 6) is -1.51. The van der Waals surface area contributed by atoms with Gasteiger partial charge in [0.25, 0.3) is 0 Å². The third-order valence-electron chi connectivity index (χ3n) is 3.60. The van der Waals surface area contributed by atoms with E-state index in [9.17, 15) is 14.7 Å². The molecule has 0 bridgehead atoms. The van der Waals surface area contributed by atoms with E-state index in [1.165, 1.54) is 0 Å². The molecule has 1 aliphatic heterocycles. The van der Waals surface area contributed by atoms with Crippen molar-refractivity contribution in [2.24, 2.45) is 4.99 Å². The summed E-state index contributed by atoms with van der Waals surface area (Å²) in [6.07, 6.45) is 0. The van der Waals surface area contributed by atoms with Crippen LogP contribution in [0.2, 0.25) is 0 Å². The van der Waals surface area contributed by atoms with Crippen molar-refractivity contribution in [3.63, 3.8) is 0 Å². The maximum Gasteiger partial charge on any atom is 0.344 e. The monoisotopic (exact) mass is 321 g/mol. The summed E-state index contributed by atoms with van der Waals surface area (Å²) < 4.78 is 5.02. The Morgan fingerprint density at radius 2 is 1.75 bits per heavy atom. The van der Waals surface area contributed by atoms with Gasteiger partial charge < -0.3 is 9.84 Å². The van der Waals surface area contributed by atoms with Gasteiger partial charge >= 0.3 is 5.97 Å². The summed E-state index contributed by atoms with van der Waals surface area (Å²) in [7, 11) is 0. The van der Waals surface area contributed by atoms with Crippen LogP contribution in [0.1, 0.15) is 22.8 Å². The summed E-state index contributed by atoms with van der Waals surface area (Å²) in [5.41, 5.74) is 0.961. The molecule has 0 fully saturated rings. The van der Waals surface area contributed by atoms with Gasteiger partial charge in [-0.25, -0.2) is 9.79 Å². The summed E-state index contributed by atoms with van der Waals surface area (Å²) >= 11 is 0. The molecule has 2 aromatic rings. The highest BCUT2D eigenvalue weighted by Gasteiger charge is 2.33. The first-order valence-corrected chi connectivity index (χ1v) is 7.52. The van der Waals surface area contributed by atoms with Gasteiger partial charge in [0.05, 0.1) is 12.3 Å². The Morgan fingerprint density at radius 1 is 1.08 bits per heavy atom. The third-order valence-corrected chi connectivity index (χ3v) is 3.60. The number of benzene rings is 2. The number of carbonyl (C=O) groups is 2. The molecule has 5 heteroatoms. The number of ether oxygens (including phenoxy) is 1. The molecule has 0 radical (unpaired) electrons. The molecule has 0 aliphatic carbocycles. The third kappa shape index (κ3) is 2.72. The van der Waals surface area contributed by atoms with Gasteiger partial charge in [-0.05, 0) is 19.1 Å². The Bertz CT molecular complexity index is 866. The Labute approximate surface area is 138 Å². The Kier molecular flexibility index (Phi) is 4.24. The molecule has 0 saturated carbocycles. The van der Waals surface area contributed by atoms with Gasteiger partial charge in [-0.3, -0.25) is 4.79 Å². The molecule has 0 saturated heterocycles. The van der Waals surface area contributed by atoms with E-state index in [1.54, 1.807) is 61.5 Å². The van der Waals surface area contributed by atoms with E-state index >= 15 is 0 Å². The summed E-state index contributed by atoms with van der Waals surface area (Å²) in [6, 6.07) is 15.3. The van der Waals surface area contributed by atoms with Crippen molar-refractivity contribution in [3.8, 4) is 0 Å². The molecule has 3 rings (SSSR count). The Hall–Kier alpha value is -3.21. The van der Waals surface area contributed by atoms with Crippen molar-refractivity contribution in [1.82, 2.24) is 0 Å². The summed E-state index contributed by atoms with van der Waals surface area (Å²) in [4.78, 5) is 29.2. The van der Waals surface area contributed by atoms with Crippen LogP contribution >= 0.6 is 0 Å². The molecule has 5 nitrogen and oxygen atoms in total.